The van der Waals surface area contributed by atoms with E-state index >= 15 is 0 Å². The molecule has 0 unspecified atom stereocenters. The summed E-state index contributed by atoms with van der Waals surface area (Å²) in [6, 6.07) is 22.2. The first-order valence-electron chi connectivity index (χ1n) is 10.4. The molecule has 1 fully saturated rings. The summed E-state index contributed by atoms with van der Waals surface area (Å²) in [6.45, 7) is 7.37. The molecule has 0 aliphatic carbocycles. The maximum atomic E-state index is 12.7. The van der Waals surface area contributed by atoms with E-state index in [4.69, 9.17) is 5.73 Å². The molecule has 160 valence electrons. The van der Waals surface area contributed by atoms with Crippen LogP contribution in [0.4, 0.5) is 5.69 Å². The Morgan fingerprint density at radius 3 is 2.32 bits per heavy atom. The average molecular weight is 450 g/mol. The first-order chi connectivity index (χ1) is 15.0. The number of hydrogen-bond donors (Lipinski definition) is 1. The Balaban J connectivity index is 1.43. The lowest BCUT2D eigenvalue weighted by Crippen LogP contribution is -2.46. The minimum absolute atomic E-state index is 0.111. The number of carbonyl (C=O) groups is 1. The van der Waals surface area contributed by atoms with Gasteiger partial charge in [0.1, 0.15) is 0 Å². The number of hydrogen-bond acceptors (Lipinski definition) is 5. The molecule has 1 saturated heterocycles. The molecule has 1 amide bonds. The van der Waals surface area contributed by atoms with Crippen molar-refractivity contribution in [1.29, 1.82) is 0 Å². The Morgan fingerprint density at radius 2 is 1.58 bits per heavy atom. The molecule has 1 aliphatic heterocycles. The third kappa shape index (κ3) is 5.45. The fourth-order valence-corrected chi connectivity index (χ4v) is 5.71. The molecule has 6 heteroatoms. The Hall–Kier alpha value is -2.41. The van der Waals surface area contributed by atoms with Gasteiger partial charge in [-0.1, -0.05) is 42.1 Å². The normalized spacial score (nSPS) is 14.6. The van der Waals surface area contributed by atoms with Crippen LogP contribution in [0.1, 0.15) is 21.5 Å². The van der Waals surface area contributed by atoms with Crippen LogP contribution in [-0.2, 0) is 0 Å². The molecule has 0 bridgehead atoms. The molecule has 0 atom stereocenters. The maximum Gasteiger partial charge on any atom is 0.253 e. The number of benzene rings is 3. The monoisotopic (exact) mass is 449 g/mol. The van der Waals surface area contributed by atoms with Gasteiger partial charge in [-0.15, -0.1) is 0 Å². The van der Waals surface area contributed by atoms with Crippen molar-refractivity contribution in [3.63, 3.8) is 0 Å². The van der Waals surface area contributed by atoms with E-state index < -0.39 is 0 Å². The van der Waals surface area contributed by atoms with Crippen molar-refractivity contribution in [3.8, 4) is 0 Å². The summed E-state index contributed by atoms with van der Waals surface area (Å²) in [6.07, 6.45) is 0. The fraction of sp³-hybridized carbons (Fsp3) is 0.240. The molecule has 4 nitrogen and oxygen atoms in total. The highest BCUT2D eigenvalue weighted by Gasteiger charge is 2.23. The van der Waals surface area contributed by atoms with Gasteiger partial charge in [0, 0.05) is 52.1 Å². The van der Waals surface area contributed by atoms with Crippen LogP contribution in [0.2, 0.25) is 0 Å². The quantitative estimate of drug-likeness (QED) is 0.412. The summed E-state index contributed by atoms with van der Waals surface area (Å²) in [4.78, 5) is 18.3. The van der Waals surface area contributed by atoms with Gasteiger partial charge in [-0.2, -0.15) is 0 Å². The Bertz CT molecular complexity index is 1060. The third-order valence-electron chi connectivity index (χ3n) is 5.31. The van der Waals surface area contributed by atoms with Crippen LogP contribution in [0.25, 0.3) is 0 Å². The highest BCUT2D eigenvalue weighted by molar-refractivity contribution is 8.01. The Kier molecular flexibility index (Phi) is 6.90. The highest BCUT2D eigenvalue weighted by Crippen LogP contribution is 2.39. The minimum atomic E-state index is 0.111. The number of nitrogens with zero attached hydrogens (tertiary/aromatic N) is 2. The summed E-state index contributed by atoms with van der Waals surface area (Å²) in [5.41, 5.74) is 10.2. The van der Waals surface area contributed by atoms with Gasteiger partial charge in [-0.25, -0.2) is 4.31 Å². The number of amides is 1. The van der Waals surface area contributed by atoms with Crippen molar-refractivity contribution in [2.75, 3.05) is 31.9 Å². The average Bonchev–Trinajstić information content (AvgIpc) is 2.78. The van der Waals surface area contributed by atoms with E-state index in [1.807, 2.05) is 41.3 Å². The summed E-state index contributed by atoms with van der Waals surface area (Å²) in [5, 5.41) is 0. The van der Waals surface area contributed by atoms with Gasteiger partial charge in [0.2, 0.25) is 0 Å². The second-order valence-corrected chi connectivity index (χ2v) is 9.98. The largest absolute Gasteiger partial charge is 0.399 e. The standard InChI is InChI=1S/C25H27N3OS2/c1-18-8-9-19(2)23(16-18)30-22-11-10-21(26)17-24(22)31-28-14-12-27(13-15-28)25(29)20-6-4-3-5-7-20/h3-11,16-17H,12-15,26H2,1-2H3. The van der Waals surface area contributed by atoms with E-state index in [-0.39, 0.29) is 5.91 Å². The summed E-state index contributed by atoms with van der Waals surface area (Å²) >= 11 is 3.53. The van der Waals surface area contributed by atoms with E-state index in [2.05, 4.69) is 48.5 Å². The number of aryl methyl sites for hydroxylation is 2. The lowest BCUT2D eigenvalue weighted by Gasteiger charge is -2.34. The van der Waals surface area contributed by atoms with Crippen LogP contribution in [0.3, 0.4) is 0 Å². The van der Waals surface area contributed by atoms with E-state index in [0.29, 0.717) is 0 Å². The number of carbonyl (C=O) groups excluding carboxylic acids is 1. The molecule has 0 aromatic heterocycles. The number of rotatable bonds is 5. The van der Waals surface area contributed by atoms with Gasteiger partial charge in [0.05, 0.1) is 0 Å². The predicted molar refractivity (Wildman–Crippen MR) is 131 cm³/mol. The number of nitrogen functional groups attached to an aromatic ring is 1. The molecule has 31 heavy (non-hydrogen) atoms. The molecule has 0 radical (unpaired) electrons. The molecule has 0 spiro atoms. The lowest BCUT2D eigenvalue weighted by atomic mass is 10.2. The van der Waals surface area contributed by atoms with Crippen LogP contribution in [0.15, 0.2) is 81.4 Å². The van der Waals surface area contributed by atoms with Gasteiger partial charge in [-0.3, -0.25) is 4.79 Å². The minimum Gasteiger partial charge on any atom is -0.399 e. The number of piperazine rings is 1. The maximum absolute atomic E-state index is 12.7. The number of nitrogens with two attached hydrogens (primary N) is 1. The van der Waals surface area contributed by atoms with E-state index in [1.165, 1.54) is 20.9 Å². The predicted octanol–water partition coefficient (Wildman–Crippen LogP) is 5.50. The van der Waals surface area contributed by atoms with Crippen molar-refractivity contribution >= 4 is 35.3 Å². The molecule has 1 aliphatic rings. The van der Waals surface area contributed by atoms with Gasteiger partial charge in [0.15, 0.2) is 0 Å². The summed E-state index contributed by atoms with van der Waals surface area (Å²) in [5.74, 6) is 0.111. The van der Waals surface area contributed by atoms with Gasteiger partial charge in [0.25, 0.3) is 5.91 Å². The zero-order valence-corrected chi connectivity index (χ0v) is 19.5. The van der Waals surface area contributed by atoms with Crippen molar-refractivity contribution < 1.29 is 4.79 Å². The fourth-order valence-electron chi connectivity index (χ4n) is 3.50. The molecule has 2 N–H and O–H groups in total. The van der Waals surface area contributed by atoms with Crippen LogP contribution in [0, 0.1) is 13.8 Å². The third-order valence-corrected chi connectivity index (χ3v) is 7.83. The van der Waals surface area contributed by atoms with Crippen LogP contribution in [0.5, 0.6) is 0 Å². The van der Waals surface area contributed by atoms with Gasteiger partial charge >= 0.3 is 0 Å². The van der Waals surface area contributed by atoms with E-state index in [9.17, 15) is 4.79 Å². The Labute approximate surface area is 192 Å². The Morgan fingerprint density at radius 1 is 0.839 bits per heavy atom. The molecule has 0 saturated carbocycles. The van der Waals surface area contributed by atoms with Crippen LogP contribution < -0.4 is 5.73 Å². The number of anilines is 1. The molecule has 1 heterocycles. The van der Waals surface area contributed by atoms with Gasteiger partial charge < -0.3 is 10.6 Å². The summed E-state index contributed by atoms with van der Waals surface area (Å²) in [7, 11) is 0. The second kappa shape index (κ2) is 9.81. The van der Waals surface area contributed by atoms with Crippen molar-refractivity contribution in [2.45, 2.75) is 28.5 Å². The topological polar surface area (TPSA) is 49.6 Å². The first-order valence-corrected chi connectivity index (χ1v) is 12.0. The molecule has 3 aromatic carbocycles. The first kappa shape index (κ1) is 21.8. The molecule has 4 rings (SSSR count). The SMILES string of the molecule is Cc1ccc(C)c(Sc2ccc(N)cc2SN2CCN(C(=O)c3ccccc3)CC2)c1. The van der Waals surface area contributed by atoms with E-state index in [1.54, 1.807) is 23.7 Å². The van der Waals surface area contributed by atoms with Crippen molar-refractivity contribution in [3.05, 3.63) is 83.4 Å². The van der Waals surface area contributed by atoms with Gasteiger partial charge in [-0.05, 0) is 73.3 Å². The smallest absolute Gasteiger partial charge is 0.253 e. The van der Waals surface area contributed by atoms with Crippen molar-refractivity contribution in [1.82, 2.24) is 9.21 Å². The van der Waals surface area contributed by atoms with Crippen LogP contribution >= 0.6 is 23.7 Å². The molecular formula is C25H27N3OS2. The second-order valence-electron chi connectivity index (χ2n) is 7.76. The zero-order chi connectivity index (χ0) is 21.8. The zero-order valence-electron chi connectivity index (χ0n) is 17.9. The molecule has 3 aromatic rings. The van der Waals surface area contributed by atoms with E-state index in [0.717, 1.165) is 42.3 Å². The summed E-state index contributed by atoms with van der Waals surface area (Å²) < 4.78 is 2.33. The molecular weight excluding hydrogens is 422 g/mol. The van der Waals surface area contributed by atoms with Crippen molar-refractivity contribution in [2.24, 2.45) is 0 Å². The van der Waals surface area contributed by atoms with Crippen LogP contribution in [-0.4, -0.2) is 41.3 Å². The highest BCUT2D eigenvalue weighted by atomic mass is 32.2. The lowest BCUT2D eigenvalue weighted by molar-refractivity contribution is 0.0704.